The zero-order chi connectivity index (χ0) is 11.4. The van der Waals surface area contributed by atoms with Crippen molar-refractivity contribution in [3.8, 4) is 5.75 Å². The first kappa shape index (κ1) is 11.7. The van der Waals surface area contributed by atoms with E-state index in [1.807, 2.05) is 17.8 Å². The minimum absolute atomic E-state index is 0.0589. The molecule has 1 unspecified atom stereocenters. The number of nitrogens with one attached hydrogen (secondary N) is 1. The average Bonchev–Trinajstić information content (AvgIpc) is 2.57. The average molecular weight is 241 g/mol. The van der Waals surface area contributed by atoms with E-state index >= 15 is 0 Å². The maximum absolute atomic E-state index is 13.8. The number of rotatable bonds is 2. The largest absolute Gasteiger partial charge is 0.496 e. The fraction of sp³-hybridized carbons (Fsp3) is 0.500. The van der Waals surface area contributed by atoms with Crippen molar-refractivity contribution in [2.75, 3.05) is 25.2 Å². The molecule has 1 saturated heterocycles. The quantitative estimate of drug-likeness (QED) is 0.860. The molecule has 0 bridgehead atoms. The topological polar surface area (TPSA) is 21.3 Å². The van der Waals surface area contributed by atoms with E-state index in [1.165, 1.54) is 6.07 Å². The van der Waals surface area contributed by atoms with Crippen LogP contribution in [0.3, 0.4) is 0 Å². The first-order chi connectivity index (χ1) is 7.83. The second kappa shape index (κ2) is 5.55. The third-order valence-electron chi connectivity index (χ3n) is 2.72. The molecule has 2 nitrogen and oxygen atoms in total. The van der Waals surface area contributed by atoms with E-state index in [0.717, 1.165) is 24.5 Å². The zero-order valence-electron chi connectivity index (χ0n) is 9.33. The Kier molecular flexibility index (Phi) is 4.07. The smallest absolute Gasteiger partial charge is 0.131 e. The van der Waals surface area contributed by atoms with Gasteiger partial charge in [-0.3, -0.25) is 0 Å². The molecule has 1 aliphatic rings. The van der Waals surface area contributed by atoms with Crippen molar-refractivity contribution in [1.82, 2.24) is 5.32 Å². The Morgan fingerprint density at radius 1 is 1.50 bits per heavy atom. The van der Waals surface area contributed by atoms with Gasteiger partial charge in [-0.1, -0.05) is 6.07 Å². The second-order valence-electron chi connectivity index (χ2n) is 3.79. The second-order valence-corrected chi connectivity index (χ2v) is 4.94. The fourth-order valence-corrected chi connectivity index (χ4v) is 2.96. The number of hydrogen-bond acceptors (Lipinski definition) is 3. The maximum Gasteiger partial charge on any atom is 0.131 e. The van der Waals surface area contributed by atoms with Crippen LogP contribution in [-0.4, -0.2) is 25.2 Å². The lowest BCUT2D eigenvalue weighted by atomic mass is 10.1. The van der Waals surface area contributed by atoms with Crippen molar-refractivity contribution in [2.24, 2.45) is 0 Å². The summed E-state index contributed by atoms with van der Waals surface area (Å²) in [6.07, 6.45) is 1.14. The predicted octanol–water partition coefficient (Wildman–Crippen LogP) is 2.60. The lowest BCUT2D eigenvalue weighted by Crippen LogP contribution is -2.24. The number of methoxy groups -OCH3 is 1. The Morgan fingerprint density at radius 3 is 3.19 bits per heavy atom. The van der Waals surface area contributed by atoms with E-state index in [1.54, 1.807) is 13.2 Å². The Morgan fingerprint density at radius 2 is 2.38 bits per heavy atom. The molecular formula is C12H16FNOS. The van der Waals surface area contributed by atoms with E-state index in [-0.39, 0.29) is 11.9 Å². The summed E-state index contributed by atoms with van der Waals surface area (Å²) in [7, 11) is 1.59. The van der Waals surface area contributed by atoms with E-state index in [0.29, 0.717) is 11.3 Å². The van der Waals surface area contributed by atoms with Crippen LogP contribution in [-0.2, 0) is 0 Å². The molecule has 0 aliphatic carbocycles. The normalized spacial score (nSPS) is 21.5. The molecule has 1 aliphatic heterocycles. The fourth-order valence-electron chi connectivity index (χ4n) is 1.93. The Bertz CT molecular complexity index is 351. The molecule has 2 rings (SSSR count). The van der Waals surface area contributed by atoms with E-state index < -0.39 is 0 Å². The molecular weight excluding hydrogens is 225 g/mol. The first-order valence-electron chi connectivity index (χ1n) is 5.46. The summed E-state index contributed by atoms with van der Waals surface area (Å²) in [5, 5.41) is 3.37. The van der Waals surface area contributed by atoms with Gasteiger partial charge in [-0.25, -0.2) is 4.39 Å². The van der Waals surface area contributed by atoms with Gasteiger partial charge in [-0.05, 0) is 30.9 Å². The van der Waals surface area contributed by atoms with Crippen LogP contribution in [0.1, 0.15) is 18.0 Å². The molecule has 0 radical (unpaired) electrons. The summed E-state index contributed by atoms with van der Waals surface area (Å²) >= 11 is 1.86. The molecule has 0 spiro atoms. The first-order valence-corrected chi connectivity index (χ1v) is 6.62. The molecule has 1 heterocycles. The molecule has 0 saturated carbocycles. The van der Waals surface area contributed by atoms with Crippen molar-refractivity contribution in [2.45, 2.75) is 12.5 Å². The Hall–Kier alpha value is -0.740. The lowest BCUT2D eigenvalue weighted by Gasteiger charge is -2.19. The maximum atomic E-state index is 13.8. The summed E-state index contributed by atoms with van der Waals surface area (Å²) in [5.74, 6) is 2.50. The molecule has 0 aromatic heterocycles. The van der Waals surface area contributed by atoms with Gasteiger partial charge in [0.25, 0.3) is 0 Å². The zero-order valence-corrected chi connectivity index (χ0v) is 10.1. The number of ether oxygens (including phenoxy) is 1. The molecule has 1 aromatic carbocycles. The van der Waals surface area contributed by atoms with E-state index in [9.17, 15) is 4.39 Å². The molecule has 1 N–H and O–H groups in total. The van der Waals surface area contributed by atoms with Crippen LogP contribution < -0.4 is 10.1 Å². The predicted molar refractivity (Wildman–Crippen MR) is 65.6 cm³/mol. The number of halogens is 1. The molecule has 16 heavy (non-hydrogen) atoms. The molecule has 1 atom stereocenters. The molecule has 88 valence electrons. The summed E-state index contributed by atoms with van der Waals surface area (Å²) in [6, 6.07) is 5.05. The van der Waals surface area contributed by atoms with E-state index in [4.69, 9.17) is 4.74 Å². The van der Waals surface area contributed by atoms with Crippen molar-refractivity contribution in [3.05, 3.63) is 29.6 Å². The van der Waals surface area contributed by atoms with Gasteiger partial charge in [-0.15, -0.1) is 0 Å². The standard InChI is InChI=1S/C12H16FNOS/c1-15-11-5-2-4-9(13)12(11)10-8-16-7-3-6-14-10/h2,4-5,10,14H,3,6-8H2,1H3. The minimum Gasteiger partial charge on any atom is -0.496 e. The highest BCUT2D eigenvalue weighted by molar-refractivity contribution is 7.99. The number of hydrogen-bond donors (Lipinski definition) is 1. The van der Waals surface area contributed by atoms with Gasteiger partial charge in [0.15, 0.2) is 0 Å². The number of benzene rings is 1. The summed E-state index contributed by atoms with van der Waals surface area (Å²) in [5.41, 5.74) is 0.666. The van der Waals surface area contributed by atoms with Crippen LogP contribution >= 0.6 is 11.8 Å². The molecule has 1 fully saturated rings. The van der Waals surface area contributed by atoms with Crippen molar-refractivity contribution < 1.29 is 9.13 Å². The third-order valence-corrected chi connectivity index (χ3v) is 3.87. The number of thioether (sulfide) groups is 1. The van der Waals surface area contributed by atoms with Crippen LogP contribution in [0.4, 0.5) is 4.39 Å². The van der Waals surface area contributed by atoms with Crippen LogP contribution in [0.5, 0.6) is 5.75 Å². The third kappa shape index (κ3) is 2.50. The van der Waals surface area contributed by atoms with Gasteiger partial charge < -0.3 is 10.1 Å². The summed E-state index contributed by atoms with van der Waals surface area (Å²) < 4.78 is 19.1. The van der Waals surface area contributed by atoms with Crippen molar-refractivity contribution in [1.29, 1.82) is 0 Å². The van der Waals surface area contributed by atoms with E-state index in [2.05, 4.69) is 5.32 Å². The van der Waals surface area contributed by atoms with Gasteiger partial charge in [0.2, 0.25) is 0 Å². The van der Waals surface area contributed by atoms with Gasteiger partial charge in [0.1, 0.15) is 11.6 Å². The molecule has 0 amide bonds. The van der Waals surface area contributed by atoms with Gasteiger partial charge in [0.05, 0.1) is 7.11 Å². The van der Waals surface area contributed by atoms with Crippen LogP contribution in [0.25, 0.3) is 0 Å². The van der Waals surface area contributed by atoms with Gasteiger partial charge in [-0.2, -0.15) is 11.8 Å². The van der Waals surface area contributed by atoms with Gasteiger partial charge in [0, 0.05) is 17.4 Å². The summed E-state index contributed by atoms with van der Waals surface area (Å²) in [4.78, 5) is 0. The minimum atomic E-state index is -0.181. The highest BCUT2D eigenvalue weighted by atomic mass is 32.2. The van der Waals surface area contributed by atoms with Crippen molar-refractivity contribution >= 4 is 11.8 Å². The van der Waals surface area contributed by atoms with Gasteiger partial charge >= 0.3 is 0 Å². The Labute approximate surface area is 99.6 Å². The van der Waals surface area contributed by atoms with Crippen LogP contribution in [0.15, 0.2) is 18.2 Å². The Balaban J connectivity index is 2.29. The SMILES string of the molecule is COc1cccc(F)c1C1CSCCCN1. The molecule has 4 heteroatoms. The van der Waals surface area contributed by atoms with Crippen molar-refractivity contribution in [3.63, 3.8) is 0 Å². The monoisotopic (exact) mass is 241 g/mol. The lowest BCUT2D eigenvalue weighted by molar-refractivity contribution is 0.395. The highest BCUT2D eigenvalue weighted by Gasteiger charge is 2.21. The highest BCUT2D eigenvalue weighted by Crippen LogP contribution is 2.31. The van der Waals surface area contributed by atoms with Crippen LogP contribution in [0.2, 0.25) is 0 Å². The molecule has 1 aromatic rings. The summed E-state index contributed by atoms with van der Waals surface area (Å²) in [6.45, 7) is 0.940. The van der Waals surface area contributed by atoms with Crippen LogP contribution in [0, 0.1) is 5.82 Å².